The van der Waals surface area contributed by atoms with Crippen LogP contribution in [-0.4, -0.2) is 29.3 Å². The van der Waals surface area contributed by atoms with Crippen molar-refractivity contribution >= 4 is 12.0 Å². The Bertz CT molecular complexity index is 973. The van der Waals surface area contributed by atoms with Gasteiger partial charge in [0.1, 0.15) is 11.5 Å². The van der Waals surface area contributed by atoms with Crippen LogP contribution in [0.15, 0.2) is 70.1 Å². The number of furan rings is 1. The topological polar surface area (TPSA) is 86.4 Å². The van der Waals surface area contributed by atoms with E-state index in [9.17, 15) is 9.59 Å². The average molecular weight is 365 g/mol. The molecular formula is C20H19N3O4. The normalized spacial score (nSPS) is 10.9. The number of carbonyl (C=O) groups is 1. The van der Waals surface area contributed by atoms with Gasteiger partial charge in [-0.2, -0.15) is 5.10 Å². The predicted molar refractivity (Wildman–Crippen MR) is 101 cm³/mol. The summed E-state index contributed by atoms with van der Waals surface area (Å²) in [6, 6.07) is 14.0. The van der Waals surface area contributed by atoms with Crippen LogP contribution in [0.1, 0.15) is 5.76 Å². The summed E-state index contributed by atoms with van der Waals surface area (Å²) in [7, 11) is 1.60. The maximum Gasteiger partial charge on any atom is 0.266 e. The van der Waals surface area contributed by atoms with Crippen molar-refractivity contribution in [3.05, 3.63) is 77.0 Å². The van der Waals surface area contributed by atoms with E-state index in [4.69, 9.17) is 9.15 Å². The molecule has 3 rings (SSSR count). The first-order valence-corrected chi connectivity index (χ1v) is 8.38. The minimum atomic E-state index is -0.272. The van der Waals surface area contributed by atoms with Crippen LogP contribution >= 0.6 is 0 Å². The molecule has 7 heteroatoms. The molecule has 1 N–H and O–H groups in total. The molecule has 0 atom stereocenters. The Morgan fingerprint density at radius 2 is 2.04 bits per heavy atom. The summed E-state index contributed by atoms with van der Waals surface area (Å²) in [6.07, 6.45) is 4.48. The van der Waals surface area contributed by atoms with E-state index >= 15 is 0 Å². The fourth-order valence-electron chi connectivity index (χ4n) is 2.41. The standard InChI is InChI=1S/C20H19N3O4/c1-26-16-6-4-15(5-7-16)18-9-11-20(25)23(22-18)13-12-21-19(24)10-8-17-3-2-14-27-17/h2-11,14H,12-13H2,1H3,(H,21,24)/b10-8+. The summed E-state index contributed by atoms with van der Waals surface area (Å²) < 4.78 is 11.6. The van der Waals surface area contributed by atoms with Gasteiger partial charge in [-0.15, -0.1) is 0 Å². The number of aromatic nitrogens is 2. The Balaban J connectivity index is 1.61. The maximum atomic E-state index is 12.0. The number of ether oxygens (including phenoxy) is 1. The first-order valence-electron chi connectivity index (χ1n) is 8.38. The minimum Gasteiger partial charge on any atom is -0.497 e. The first kappa shape index (κ1) is 18.2. The molecule has 0 aliphatic carbocycles. The molecule has 0 radical (unpaired) electrons. The Morgan fingerprint density at radius 3 is 2.74 bits per heavy atom. The summed E-state index contributed by atoms with van der Waals surface area (Å²) >= 11 is 0. The quantitative estimate of drug-likeness (QED) is 0.650. The van der Waals surface area contributed by atoms with Crippen molar-refractivity contribution in [3.8, 4) is 17.0 Å². The molecule has 0 aliphatic heterocycles. The third-order valence-corrected chi connectivity index (χ3v) is 3.82. The summed E-state index contributed by atoms with van der Waals surface area (Å²) in [5, 5.41) is 7.07. The largest absolute Gasteiger partial charge is 0.497 e. The zero-order valence-electron chi connectivity index (χ0n) is 14.8. The molecule has 0 bridgehead atoms. The van der Waals surface area contributed by atoms with Gasteiger partial charge in [-0.05, 0) is 48.5 Å². The number of hydrogen-bond donors (Lipinski definition) is 1. The highest BCUT2D eigenvalue weighted by atomic mass is 16.5. The summed E-state index contributed by atoms with van der Waals surface area (Å²) in [4.78, 5) is 23.8. The average Bonchev–Trinajstić information content (AvgIpc) is 3.21. The lowest BCUT2D eigenvalue weighted by molar-refractivity contribution is -0.116. The van der Waals surface area contributed by atoms with Crippen LogP contribution < -0.4 is 15.6 Å². The molecular weight excluding hydrogens is 346 g/mol. The van der Waals surface area contributed by atoms with Gasteiger partial charge in [0.05, 0.1) is 25.6 Å². The van der Waals surface area contributed by atoms with Gasteiger partial charge >= 0.3 is 0 Å². The Kier molecular flexibility index (Phi) is 5.84. The maximum absolute atomic E-state index is 12.0. The smallest absolute Gasteiger partial charge is 0.266 e. The summed E-state index contributed by atoms with van der Waals surface area (Å²) in [5.74, 6) is 1.07. The number of benzene rings is 1. The minimum absolute atomic E-state index is 0.229. The lowest BCUT2D eigenvalue weighted by Gasteiger charge is -2.08. The molecule has 1 amide bonds. The molecule has 1 aromatic carbocycles. The molecule has 138 valence electrons. The monoisotopic (exact) mass is 365 g/mol. The van der Waals surface area contributed by atoms with E-state index in [1.165, 1.54) is 23.1 Å². The number of nitrogens with zero attached hydrogens (tertiary/aromatic N) is 2. The van der Waals surface area contributed by atoms with Crippen molar-refractivity contribution in [2.75, 3.05) is 13.7 Å². The fraction of sp³-hybridized carbons (Fsp3) is 0.150. The molecule has 0 spiro atoms. The van der Waals surface area contributed by atoms with E-state index in [1.54, 1.807) is 31.4 Å². The molecule has 2 heterocycles. The molecule has 0 fully saturated rings. The van der Waals surface area contributed by atoms with Crippen molar-refractivity contribution in [1.29, 1.82) is 0 Å². The van der Waals surface area contributed by atoms with Gasteiger partial charge in [0.2, 0.25) is 5.91 Å². The molecule has 7 nitrogen and oxygen atoms in total. The zero-order chi connectivity index (χ0) is 19.1. The van der Waals surface area contributed by atoms with Crippen LogP contribution in [0.25, 0.3) is 17.3 Å². The SMILES string of the molecule is COc1ccc(-c2ccc(=O)n(CCNC(=O)/C=C/c3ccco3)n2)cc1. The second-order valence-electron chi connectivity index (χ2n) is 5.65. The predicted octanol–water partition coefficient (Wildman–Crippen LogP) is 2.34. The van der Waals surface area contributed by atoms with Crippen LogP contribution in [0.2, 0.25) is 0 Å². The number of carbonyl (C=O) groups excluding carboxylic acids is 1. The van der Waals surface area contributed by atoms with Gasteiger partial charge in [0.25, 0.3) is 5.56 Å². The van der Waals surface area contributed by atoms with Gasteiger partial charge in [-0.3, -0.25) is 9.59 Å². The van der Waals surface area contributed by atoms with Crippen LogP contribution in [0.5, 0.6) is 5.75 Å². The van der Waals surface area contributed by atoms with Crippen LogP contribution in [0.4, 0.5) is 0 Å². The van der Waals surface area contributed by atoms with Gasteiger partial charge in [0, 0.05) is 24.3 Å². The molecule has 0 saturated carbocycles. The van der Waals surface area contributed by atoms with Gasteiger partial charge < -0.3 is 14.5 Å². The lowest BCUT2D eigenvalue weighted by Crippen LogP contribution is -2.31. The second kappa shape index (κ2) is 8.66. The van der Waals surface area contributed by atoms with Crippen molar-refractivity contribution in [2.45, 2.75) is 6.54 Å². The third-order valence-electron chi connectivity index (χ3n) is 3.82. The lowest BCUT2D eigenvalue weighted by atomic mass is 10.1. The van der Waals surface area contributed by atoms with Gasteiger partial charge in [-0.1, -0.05) is 0 Å². The number of hydrogen-bond acceptors (Lipinski definition) is 5. The van der Waals surface area contributed by atoms with E-state index in [1.807, 2.05) is 24.3 Å². The van der Waals surface area contributed by atoms with E-state index in [0.717, 1.165) is 11.3 Å². The molecule has 27 heavy (non-hydrogen) atoms. The number of amides is 1. The highest BCUT2D eigenvalue weighted by Gasteiger charge is 2.05. The van der Waals surface area contributed by atoms with E-state index in [0.29, 0.717) is 11.5 Å². The van der Waals surface area contributed by atoms with Crippen molar-refractivity contribution in [1.82, 2.24) is 15.1 Å². The zero-order valence-corrected chi connectivity index (χ0v) is 14.8. The molecule has 2 aromatic heterocycles. The highest BCUT2D eigenvalue weighted by Crippen LogP contribution is 2.19. The molecule has 0 unspecified atom stereocenters. The summed E-state index contributed by atoms with van der Waals surface area (Å²) in [5.41, 5.74) is 1.31. The molecule has 3 aromatic rings. The Hall–Kier alpha value is -3.61. The second-order valence-corrected chi connectivity index (χ2v) is 5.65. The molecule has 0 aliphatic rings. The van der Waals surface area contributed by atoms with Gasteiger partial charge in [-0.25, -0.2) is 4.68 Å². The van der Waals surface area contributed by atoms with Crippen molar-refractivity contribution in [3.63, 3.8) is 0 Å². The first-order chi connectivity index (χ1) is 13.2. The summed E-state index contributed by atoms with van der Waals surface area (Å²) in [6.45, 7) is 0.545. The number of rotatable bonds is 7. The van der Waals surface area contributed by atoms with Crippen LogP contribution in [0, 0.1) is 0 Å². The van der Waals surface area contributed by atoms with E-state index in [2.05, 4.69) is 10.4 Å². The van der Waals surface area contributed by atoms with Gasteiger partial charge in [0.15, 0.2) is 0 Å². The van der Waals surface area contributed by atoms with Crippen LogP contribution in [0.3, 0.4) is 0 Å². The van der Waals surface area contributed by atoms with Crippen molar-refractivity contribution < 1.29 is 13.9 Å². The Morgan fingerprint density at radius 1 is 1.22 bits per heavy atom. The Labute approximate surface area is 155 Å². The molecule has 0 saturated heterocycles. The van der Waals surface area contributed by atoms with Crippen molar-refractivity contribution in [2.24, 2.45) is 0 Å². The highest BCUT2D eigenvalue weighted by molar-refractivity contribution is 5.91. The van der Waals surface area contributed by atoms with E-state index in [-0.39, 0.29) is 24.6 Å². The number of methoxy groups -OCH3 is 1. The third kappa shape index (κ3) is 4.94. The van der Waals surface area contributed by atoms with E-state index < -0.39 is 0 Å². The number of nitrogens with one attached hydrogen (secondary N) is 1. The van der Waals surface area contributed by atoms with Crippen LogP contribution in [-0.2, 0) is 11.3 Å². The fourth-order valence-corrected chi connectivity index (χ4v) is 2.41.